The minimum atomic E-state index is -0.637. The van der Waals surface area contributed by atoms with Crippen molar-refractivity contribution in [2.24, 2.45) is 11.5 Å². The molecular formula is C19H24N4O2. The minimum absolute atomic E-state index is 0.115. The van der Waals surface area contributed by atoms with E-state index in [0.29, 0.717) is 25.1 Å². The minimum Gasteiger partial charge on any atom is -0.346 e. The standard InChI is InChI=1S/C19H24N4O2/c20-12-4-7-17(21)19(25)22-13-18(24)23-16-10-8-15(9-11-16)14-5-2-1-3-6-14/h1-3,5-6,8-11,17H,4,7,12-13,20-21H2,(H,22,25)(H,23,24)/t17-/m0/s1. The SMILES string of the molecule is NCCC[C@H](N)C(=O)NCC(=O)Nc1ccc(-c2ccccc2)cc1. The Hall–Kier alpha value is -2.70. The quantitative estimate of drug-likeness (QED) is 0.583. The highest BCUT2D eigenvalue weighted by Crippen LogP contribution is 2.20. The molecule has 0 unspecified atom stereocenters. The zero-order valence-corrected chi connectivity index (χ0v) is 14.1. The largest absolute Gasteiger partial charge is 0.346 e. The van der Waals surface area contributed by atoms with E-state index in [1.165, 1.54) is 0 Å². The Labute approximate surface area is 147 Å². The zero-order valence-electron chi connectivity index (χ0n) is 14.1. The summed E-state index contributed by atoms with van der Waals surface area (Å²) in [5, 5.41) is 5.28. The van der Waals surface area contributed by atoms with Crippen molar-refractivity contribution in [1.82, 2.24) is 5.32 Å². The number of hydrogen-bond acceptors (Lipinski definition) is 4. The molecule has 0 bridgehead atoms. The third-order valence-electron chi connectivity index (χ3n) is 3.75. The van der Waals surface area contributed by atoms with Gasteiger partial charge in [0.15, 0.2) is 0 Å². The Balaban J connectivity index is 1.81. The lowest BCUT2D eigenvalue weighted by Crippen LogP contribution is -2.43. The van der Waals surface area contributed by atoms with E-state index < -0.39 is 6.04 Å². The van der Waals surface area contributed by atoms with Crippen LogP contribution in [-0.4, -0.2) is 30.9 Å². The van der Waals surface area contributed by atoms with Crippen molar-refractivity contribution >= 4 is 17.5 Å². The van der Waals surface area contributed by atoms with Gasteiger partial charge in [-0.15, -0.1) is 0 Å². The molecule has 25 heavy (non-hydrogen) atoms. The van der Waals surface area contributed by atoms with Crippen molar-refractivity contribution in [3.8, 4) is 11.1 Å². The van der Waals surface area contributed by atoms with E-state index in [1.54, 1.807) is 0 Å². The van der Waals surface area contributed by atoms with E-state index in [-0.39, 0.29) is 18.4 Å². The van der Waals surface area contributed by atoms with Gasteiger partial charge in [0.2, 0.25) is 11.8 Å². The Bertz CT molecular complexity index is 686. The molecule has 132 valence electrons. The van der Waals surface area contributed by atoms with Crippen molar-refractivity contribution < 1.29 is 9.59 Å². The van der Waals surface area contributed by atoms with Gasteiger partial charge >= 0.3 is 0 Å². The summed E-state index contributed by atoms with van der Waals surface area (Å²) >= 11 is 0. The smallest absolute Gasteiger partial charge is 0.243 e. The van der Waals surface area contributed by atoms with Gasteiger partial charge in [-0.1, -0.05) is 42.5 Å². The van der Waals surface area contributed by atoms with Crippen LogP contribution in [0.3, 0.4) is 0 Å². The van der Waals surface area contributed by atoms with E-state index >= 15 is 0 Å². The first-order chi connectivity index (χ1) is 12.1. The zero-order chi connectivity index (χ0) is 18.1. The van der Waals surface area contributed by atoms with Gasteiger partial charge in [0.25, 0.3) is 0 Å². The summed E-state index contributed by atoms with van der Waals surface area (Å²) in [6.07, 6.45) is 1.18. The van der Waals surface area contributed by atoms with E-state index in [2.05, 4.69) is 10.6 Å². The lowest BCUT2D eigenvalue weighted by Gasteiger charge is -2.12. The first kappa shape index (κ1) is 18.6. The highest BCUT2D eigenvalue weighted by atomic mass is 16.2. The average Bonchev–Trinajstić information content (AvgIpc) is 2.65. The molecule has 2 amide bonds. The van der Waals surface area contributed by atoms with Crippen molar-refractivity contribution in [2.75, 3.05) is 18.4 Å². The van der Waals surface area contributed by atoms with Crippen molar-refractivity contribution in [3.05, 3.63) is 54.6 Å². The second-order valence-corrected chi connectivity index (χ2v) is 5.75. The van der Waals surface area contributed by atoms with E-state index in [9.17, 15) is 9.59 Å². The van der Waals surface area contributed by atoms with Gasteiger partial charge in [-0.2, -0.15) is 0 Å². The molecule has 0 radical (unpaired) electrons. The lowest BCUT2D eigenvalue weighted by molar-refractivity contribution is -0.125. The van der Waals surface area contributed by atoms with Crippen molar-refractivity contribution in [2.45, 2.75) is 18.9 Å². The summed E-state index contributed by atoms with van der Waals surface area (Å²) in [7, 11) is 0. The molecule has 0 heterocycles. The van der Waals surface area contributed by atoms with Crippen LogP contribution >= 0.6 is 0 Å². The van der Waals surface area contributed by atoms with Crippen LogP contribution in [0.2, 0.25) is 0 Å². The first-order valence-electron chi connectivity index (χ1n) is 8.29. The van der Waals surface area contributed by atoms with Gasteiger partial charge < -0.3 is 22.1 Å². The Morgan fingerprint density at radius 2 is 1.60 bits per heavy atom. The number of anilines is 1. The van der Waals surface area contributed by atoms with Crippen LogP contribution < -0.4 is 22.1 Å². The van der Waals surface area contributed by atoms with Gasteiger partial charge in [-0.05, 0) is 42.6 Å². The summed E-state index contributed by atoms with van der Waals surface area (Å²) in [6, 6.07) is 16.9. The van der Waals surface area contributed by atoms with Gasteiger partial charge in [0.05, 0.1) is 12.6 Å². The van der Waals surface area contributed by atoms with E-state index in [1.807, 2.05) is 54.6 Å². The molecule has 0 aliphatic carbocycles. The molecule has 6 N–H and O–H groups in total. The molecule has 0 aliphatic rings. The second-order valence-electron chi connectivity index (χ2n) is 5.75. The van der Waals surface area contributed by atoms with Crippen molar-refractivity contribution in [1.29, 1.82) is 0 Å². The summed E-state index contributed by atoms with van der Waals surface area (Å²) < 4.78 is 0. The first-order valence-corrected chi connectivity index (χ1v) is 8.29. The van der Waals surface area contributed by atoms with E-state index in [4.69, 9.17) is 11.5 Å². The van der Waals surface area contributed by atoms with Crippen LogP contribution in [-0.2, 0) is 9.59 Å². The van der Waals surface area contributed by atoms with Crippen LogP contribution in [0, 0.1) is 0 Å². The monoisotopic (exact) mass is 340 g/mol. The average molecular weight is 340 g/mol. The van der Waals surface area contributed by atoms with Crippen LogP contribution in [0.4, 0.5) is 5.69 Å². The number of carbonyl (C=O) groups excluding carboxylic acids is 2. The lowest BCUT2D eigenvalue weighted by atomic mass is 10.1. The van der Waals surface area contributed by atoms with E-state index in [0.717, 1.165) is 11.1 Å². The Morgan fingerprint density at radius 1 is 0.960 bits per heavy atom. The predicted octanol–water partition coefficient (Wildman–Crippen LogP) is 1.47. The number of hydrogen-bond donors (Lipinski definition) is 4. The highest BCUT2D eigenvalue weighted by Gasteiger charge is 2.13. The molecule has 0 spiro atoms. The maximum absolute atomic E-state index is 11.9. The molecule has 0 saturated carbocycles. The third-order valence-corrected chi connectivity index (χ3v) is 3.75. The van der Waals surface area contributed by atoms with Crippen molar-refractivity contribution in [3.63, 3.8) is 0 Å². The molecule has 2 aromatic carbocycles. The molecule has 6 heteroatoms. The number of rotatable bonds is 8. The summed E-state index contributed by atoms with van der Waals surface area (Å²) in [5.41, 5.74) is 13.9. The number of carbonyl (C=O) groups is 2. The molecule has 0 aliphatic heterocycles. The van der Waals surface area contributed by atoms with Gasteiger partial charge in [-0.3, -0.25) is 9.59 Å². The fourth-order valence-electron chi connectivity index (χ4n) is 2.35. The van der Waals surface area contributed by atoms with Crippen LogP contribution in [0.15, 0.2) is 54.6 Å². The van der Waals surface area contributed by atoms with Crippen LogP contribution in [0.25, 0.3) is 11.1 Å². The molecule has 0 fully saturated rings. The number of nitrogens with two attached hydrogens (primary N) is 2. The molecule has 2 aromatic rings. The summed E-state index contributed by atoms with van der Waals surface area (Å²) in [4.78, 5) is 23.7. The second kappa shape index (κ2) is 9.56. The third kappa shape index (κ3) is 6.02. The van der Waals surface area contributed by atoms with Gasteiger partial charge in [-0.25, -0.2) is 0 Å². The van der Waals surface area contributed by atoms with Crippen LogP contribution in [0.5, 0.6) is 0 Å². The number of amides is 2. The molecular weight excluding hydrogens is 316 g/mol. The van der Waals surface area contributed by atoms with Gasteiger partial charge in [0, 0.05) is 5.69 Å². The highest BCUT2D eigenvalue weighted by molar-refractivity contribution is 5.95. The summed E-state index contributed by atoms with van der Waals surface area (Å²) in [5.74, 6) is -0.644. The molecule has 1 atom stereocenters. The Kier molecular flexibility index (Phi) is 7.13. The molecule has 0 saturated heterocycles. The number of benzene rings is 2. The molecule has 0 aromatic heterocycles. The maximum atomic E-state index is 11.9. The fraction of sp³-hybridized carbons (Fsp3) is 0.263. The topological polar surface area (TPSA) is 110 Å². The normalized spacial score (nSPS) is 11.6. The van der Waals surface area contributed by atoms with Crippen LogP contribution in [0.1, 0.15) is 12.8 Å². The molecule has 2 rings (SSSR count). The summed E-state index contributed by atoms with van der Waals surface area (Å²) in [6.45, 7) is 0.371. The maximum Gasteiger partial charge on any atom is 0.243 e. The predicted molar refractivity (Wildman–Crippen MR) is 99.8 cm³/mol. The molecule has 6 nitrogen and oxygen atoms in total. The fourth-order valence-corrected chi connectivity index (χ4v) is 2.35. The number of nitrogens with one attached hydrogen (secondary N) is 2. The van der Waals surface area contributed by atoms with Gasteiger partial charge in [0.1, 0.15) is 0 Å². The Morgan fingerprint density at radius 3 is 2.24 bits per heavy atom.